The molecule has 0 saturated carbocycles. The van der Waals surface area contributed by atoms with Crippen LogP contribution in [-0.2, 0) is 0 Å². The Balaban J connectivity index is 3.93. The first-order valence-electron chi connectivity index (χ1n) is 8.05. The zero-order valence-corrected chi connectivity index (χ0v) is 15.4. The predicted molar refractivity (Wildman–Crippen MR) is 101 cm³/mol. The molecule has 0 rings (SSSR count). The predicted octanol–water partition coefficient (Wildman–Crippen LogP) is 2.54. The molecule has 0 aliphatic rings. The molecule has 0 spiro atoms. The standard InChI is InChI=1S/C15H32N4S2/c1-4-5-6-7-8-9-10-13(11-18-14(20)16-2)12-19-15(21)17-3/h13H,4-12H2,1-3H3,(H2,16,18,20)(H2,17,19,21). The zero-order chi connectivity index (χ0) is 15.9. The Hall–Kier alpha value is -0.620. The summed E-state index contributed by atoms with van der Waals surface area (Å²) in [6, 6.07) is 0. The molecule has 0 aliphatic heterocycles. The first-order chi connectivity index (χ1) is 10.1. The van der Waals surface area contributed by atoms with Gasteiger partial charge in [-0.05, 0) is 36.8 Å². The quantitative estimate of drug-likeness (QED) is 0.345. The second-order valence-corrected chi connectivity index (χ2v) is 6.16. The van der Waals surface area contributed by atoms with Gasteiger partial charge in [-0.25, -0.2) is 0 Å². The van der Waals surface area contributed by atoms with E-state index in [0.717, 1.165) is 13.1 Å². The van der Waals surface area contributed by atoms with E-state index in [1.54, 1.807) is 0 Å². The van der Waals surface area contributed by atoms with Crippen molar-refractivity contribution in [3.8, 4) is 0 Å². The molecular formula is C15H32N4S2. The van der Waals surface area contributed by atoms with Gasteiger partial charge in [-0.3, -0.25) is 0 Å². The van der Waals surface area contributed by atoms with E-state index >= 15 is 0 Å². The summed E-state index contributed by atoms with van der Waals surface area (Å²) in [7, 11) is 3.68. The summed E-state index contributed by atoms with van der Waals surface area (Å²) in [6.45, 7) is 4.02. The van der Waals surface area contributed by atoms with Crippen molar-refractivity contribution in [2.45, 2.75) is 51.9 Å². The topological polar surface area (TPSA) is 48.1 Å². The second-order valence-electron chi connectivity index (χ2n) is 5.34. The maximum Gasteiger partial charge on any atom is 0.166 e. The van der Waals surface area contributed by atoms with Crippen LogP contribution in [0.5, 0.6) is 0 Å². The van der Waals surface area contributed by atoms with Crippen LogP contribution in [0.25, 0.3) is 0 Å². The maximum atomic E-state index is 5.13. The fourth-order valence-corrected chi connectivity index (χ4v) is 2.31. The van der Waals surface area contributed by atoms with Gasteiger partial charge in [-0.15, -0.1) is 0 Å². The maximum absolute atomic E-state index is 5.13. The Kier molecular flexibility index (Phi) is 13.9. The van der Waals surface area contributed by atoms with E-state index in [0.29, 0.717) is 16.1 Å². The molecule has 6 heteroatoms. The highest BCUT2D eigenvalue weighted by Crippen LogP contribution is 2.11. The summed E-state index contributed by atoms with van der Waals surface area (Å²) in [5.41, 5.74) is 0. The molecule has 124 valence electrons. The molecule has 4 N–H and O–H groups in total. The van der Waals surface area contributed by atoms with Crippen molar-refractivity contribution in [2.75, 3.05) is 27.2 Å². The lowest BCUT2D eigenvalue weighted by Crippen LogP contribution is -2.41. The molecular weight excluding hydrogens is 300 g/mol. The van der Waals surface area contributed by atoms with Crippen LogP contribution in [0.4, 0.5) is 0 Å². The minimum atomic E-state index is 0.536. The van der Waals surface area contributed by atoms with Gasteiger partial charge < -0.3 is 21.3 Å². The van der Waals surface area contributed by atoms with Gasteiger partial charge in [-0.1, -0.05) is 45.4 Å². The van der Waals surface area contributed by atoms with Gasteiger partial charge in [-0.2, -0.15) is 0 Å². The number of unbranched alkanes of at least 4 members (excludes halogenated alkanes) is 5. The Morgan fingerprint density at radius 2 is 1.29 bits per heavy atom. The van der Waals surface area contributed by atoms with Crippen LogP contribution in [0.15, 0.2) is 0 Å². The highest BCUT2D eigenvalue weighted by atomic mass is 32.1. The average Bonchev–Trinajstić information content (AvgIpc) is 2.51. The molecule has 0 aromatic heterocycles. The molecule has 0 saturated heterocycles. The van der Waals surface area contributed by atoms with E-state index in [9.17, 15) is 0 Å². The summed E-state index contributed by atoms with van der Waals surface area (Å²) in [4.78, 5) is 0. The van der Waals surface area contributed by atoms with Crippen LogP contribution in [0.1, 0.15) is 51.9 Å². The van der Waals surface area contributed by atoms with Crippen LogP contribution in [-0.4, -0.2) is 37.4 Å². The normalized spacial score (nSPS) is 10.3. The number of thiocarbonyl (C=S) groups is 2. The third kappa shape index (κ3) is 12.8. The Bertz CT molecular complexity index is 265. The average molecular weight is 333 g/mol. The SMILES string of the molecule is CCCCCCCCC(CNC(=S)NC)CNC(=S)NC. The molecule has 0 amide bonds. The highest BCUT2D eigenvalue weighted by molar-refractivity contribution is 7.80. The molecule has 0 aromatic carbocycles. The molecule has 0 radical (unpaired) electrons. The fourth-order valence-electron chi connectivity index (χ4n) is 2.14. The van der Waals surface area contributed by atoms with Crippen molar-refractivity contribution < 1.29 is 0 Å². The van der Waals surface area contributed by atoms with Crippen molar-refractivity contribution in [3.05, 3.63) is 0 Å². The zero-order valence-electron chi connectivity index (χ0n) is 13.8. The second kappa shape index (κ2) is 14.3. The van der Waals surface area contributed by atoms with Crippen LogP contribution < -0.4 is 21.3 Å². The van der Waals surface area contributed by atoms with Crippen LogP contribution >= 0.6 is 24.4 Å². The van der Waals surface area contributed by atoms with Gasteiger partial charge in [0.25, 0.3) is 0 Å². The Labute approximate surface area is 141 Å². The summed E-state index contributed by atoms with van der Waals surface area (Å²) in [6.07, 6.45) is 9.18. The van der Waals surface area contributed by atoms with Gasteiger partial charge >= 0.3 is 0 Å². The van der Waals surface area contributed by atoms with Crippen LogP contribution in [0, 0.1) is 5.92 Å². The smallest absolute Gasteiger partial charge is 0.166 e. The number of hydrogen-bond acceptors (Lipinski definition) is 2. The van der Waals surface area contributed by atoms with Crippen molar-refractivity contribution in [1.29, 1.82) is 0 Å². The minimum absolute atomic E-state index is 0.536. The van der Waals surface area contributed by atoms with Gasteiger partial charge in [0.05, 0.1) is 0 Å². The molecule has 0 fully saturated rings. The minimum Gasteiger partial charge on any atom is -0.366 e. The fraction of sp³-hybridized carbons (Fsp3) is 0.867. The van der Waals surface area contributed by atoms with E-state index in [1.807, 2.05) is 14.1 Å². The third-order valence-electron chi connectivity index (χ3n) is 3.52. The molecule has 0 atom stereocenters. The van der Waals surface area contributed by atoms with E-state index in [1.165, 1.54) is 44.9 Å². The van der Waals surface area contributed by atoms with Crippen LogP contribution in [0.2, 0.25) is 0 Å². The Morgan fingerprint density at radius 3 is 1.76 bits per heavy atom. The first kappa shape index (κ1) is 20.4. The lowest BCUT2D eigenvalue weighted by molar-refractivity contribution is 0.439. The summed E-state index contributed by atoms with van der Waals surface area (Å²) >= 11 is 10.3. The van der Waals surface area contributed by atoms with Gasteiger partial charge in [0.1, 0.15) is 0 Å². The van der Waals surface area contributed by atoms with E-state index in [4.69, 9.17) is 24.4 Å². The summed E-state index contributed by atoms with van der Waals surface area (Å²) in [5, 5.41) is 13.8. The molecule has 0 heterocycles. The summed E-state index contributed by atoms with van der Waals surface area (Å²) in [5.74, 6) is 0.536. The monoisotopic (exact) mass is 332 g/mol. The van der Waals surface area contributed by atoms with Crippen molar-refractivity contribution in [1.82, 2.24) is 21.3 Å². The summed E-state index contributed by atoms with van der Waals surface area (Å²) < 4.78 is 0. The molecule has 0 unspecified atom stereocenters. The van der Waals surface area contributed by atoms with E-state index in [-0.39, 0.29) is 0 Å². The molecule has 0 aromatic rings. The third-order valence-corrected chi connectivity index (χ3v) is 4.22. The molecule has 0 aliphatic carbocycles. The van der Waals surface area contributed by atoms with Crippen molar-refractivity contribution >= 4 is 34.7 Å². The van der Waals surface area contributed by atoms with Crippen LogP contribution in [0.3, 0.4) is 0 Å². The number of rotatable bonds is 11. The van der Waals surface area contributed by atoms with Gasteiger partial charge in [0, 0.05) is 27.2 Å². The number of nitrogens with one attached hydrogen (secondary N) is 4. The largest absolute Gasteiger partial charge is 0.366 e. The Morgan fingerprint density at radius 1 is 0.810 bits per heavy atom. The molecule has 0 bridgehead atoms. The van der Waals surface area contributed by atoms with E-state index in [2.05, 4.69) is 28.2 Å². The van der Waals surface area contributed by atoms with E-state index < -0.39 is 0 Å². The number of hydrogen-bond donors (Lipinski definition) is 4. The first-order valence-corrected chi connectivity index (χ1v) is 8.86. The lowest BCUT2D eigenvalue weighted by atomic mass is 10.00. The highest BCUT2D eigenvalue weighted by Gasteiger charge is 2.09. The van der Waals surface area contributed by atoms with Crippen molar-refractivity contribution in [2.24, 2.45) is 5.92 Å². The van der Waals surface area contributed by atoms with Gasteiger partial charge in [0.15, 0.2) is 10.2 Å². The molecule has 21 heavy (non-hydrogen) atoms. The lowest BCUT2D eigenvalue weighted by Gasteiger charge is -2.20. The van der Waals surface area contributed by atoms with Gasteiger partial charge in [0.2, 0.25) is 0 Å². The molecule has 4 nitrogen and oxygen atoms in total. The van der Waals surface area contributed by atoms with Crippen molar-refractivity contribution in [3.63, 3.8) is 0 Å².